The van der Waals surface area contributed by atoms with Crippen molar-refractivity contribution in [2.45, 2.75) is 72.1 Å². The van der Waals surface area contributed by atoms with E-state index >= 15 is 0 Å². The van der Waals surface area contributed by atoms with Crippen LogP contribution in [0.1, 0.15) is 72.1 Å². The molecule has 0 aromatic rings. The second kappa shape index (κ2) is 5.04. The normalized spacial score (nSPS) is 49.0. The van der Waals surface area contributed by atoms with Gasteiger partial charge in [0.15, 0.2) is 5.78 Å². The van der Waals surface area contributed by atoms with Gasteiger partial charge >= 0.3 is 0 Å². The highest BCUT2D eigenvalue weighted by molar-refractivity contribution is 5.91. The molecule has 0 amide bonds. The Labute approximate surface area is 140 Å². The number of hydrogen-bond acceptors (Lipinski definition) is 2. The SMILES string of the molecule is CC(=O)C1CC[C@H]2C3CCC4=CC(=O)CC[C@]4(C)[C@H]3CCC12C. The first-order valence-electron chi connectivity index (χ1n) is 9.60. The van der Waals surface area contributed by atoms with E-state index in [0.29, 0.717) is 17.5 Å². The van der Waals surface area contributed by atoms with Gasteiger partial charge in [-0.1, -0.05) is 19.4 Å². The second-order valence-electron chi connectivity index (χ2n) is 9.25. The highest BCUT2D eigenvalue weighted by atomic mass is 16.1. The van der Waals surface area contributed by atoms with Gasteiger partial charge in [-0.15, -0.1) is 0 Å². The lowest BCUT2D eigenvalue weighted by Crippen LogP contribution is -2.51. The number of Topliss-reactive ketones (excluding diaryl/α,β-unsaturated/α-hetero) is 1. The van der Waals surface area contributed by atoms with Crippen LogP contribution in [0.5, 0.6) is 0 Å². The molecule has 2 heteroatoms. The highest BCUT2D eigenvalue weighted by Crippen LogP contribution is 2.66. The van der Waals surface area contributed by atoms with Gasteiger partial charge in [0, 0.05) is 12.3 Å². The van der Waals surface area contributed by atoms with Crippen LogP contribution in [-0.2, 0) is 9.59 Å². The maximum absolute atomic E-state index is 12.1. The van der Waals surface area contributed by atoms with Crippen LogP contribution < -0.4 is 0 Å². The average molecular weight is 314 g/mol. The third-order valence-corrected chi connectivity index (χ3v) is 8.45. The molecule has 2 nitrogen and oxygen atoms in total. The van der Waals surface area contributed by atoms with Gasteiger partial charge in [-0.25, -0.2) is 0 Å². The molecule has 3 unspecified atom stereocenters. The topological polar surface area (TPSA) is 34.1 Å². The van der Waals surface area contributed by atoms with Crippen molar-refractivity contribution in [1.82, 2.24) is 0 Å². The molecule has 126 valence electrons. The molecule has 6 atom stereocenters. The summed E-state index contributed by atoms with van der Waals surface area (Å²) in [4.78, 5) is 24.0. The molecule has 0 bridgehead atoms. The fraction of sp³-hybridized carbons (Fsp3) is 0.810. The Hall–Kier alpha value is -0.920. The Balaban J connectivity index is 1.67. The zero-order valence-electron chi connectivity index (χ0n) is 14.9. The standard InChI is InChI=1S/C21H30O2/c1-13(22)17-6-7-18-16-5-4-14-12-15(23)8-10-20(14,2)19(16)9-11-21(17,18)3/h12,16-19H,4-11H2,1-3H3/t16?,17?,18-,19-,20-,21?/m0/s1. The molecule has 0 heterocycles. The van der Waals surface area contributed by atoms with Crippen molar-refractivity contribution in [3.8, 4) is 0 Å². The predicted molar refractivity (Wildman–Crippen MR) is 90.9 cm³/mol. The molecule has 4 aliphatic rings. The summed E-state index contributed by atoms with van der Waals surface area (Å²) in [5, 5.41) is 0. The van der Waals surface area contributed by atoms with E-state index < -0.39 is 0 Å². The quantitative estimate of drug-likeness (QED) is 0.701. The van der Waals surface area contributed by atoms with E-state index in [1.165, 1.54) is 31.3 Å². The lowest BCUT2D eigenvalue weighted by Gasteiger charge is -2.58. The Morgan fingerprint density at radius 1 is 1.04 bits per heavy atom. The van der Waals surface area contributed by atoms with Crippen LogP contribution >= 0.6 is 0 Å². The lowest BCUT2D eigenvalue weighted by molar-refractivity contribution is -0.128. The summed E-state index contributed by atoms with van der Waals surface area (Å²) in [7, 11) is 0. The van der Waals surface area contributed by atoms with E-state index in [1.807, 2.05) is 6.08 Å². The van der Waals surface area contributed by atoms with E-state index in [4.69, 9.17) is 0 Å². The molecular weight excluding hydrogens is 284 g/mol. The van der Waals surface area contributed by atoms with Crippen molar-refractivity contribution in [2.24, 2.45) is 34.5 Å². The Morgan fingerprint density at radius 2 is 1.83 bits per heavy atom. The smallest absolute Gasteiger partial charge is 0.155 e. The Kier molecular flexibility index (Phi) is 3.42. The van der Waals surface area contributed by atoms with Crippen LogP contribution in [0.4, 0.5) is 0 Å². The first-order valence-corrected chi connectivity index (χ1v) is 9.60. The van der Waals surface area contributed by atoms with Crippen molar-refractivity contribution in [1.29, 1.82) is 0 Å². The summed E-state index contributed by atoms with van der Waals surface area (Å²) >= 11 is 0. The fourth-order valence-corrected chi connectivity index (χ4v) is 7.23. The molecule has 3 saturated carbocycles. The van der Waals surface area contributed by atoms with Crippen LogP contribution in [0.3, 0.4) is 0 Å². The first-order chi connectivity index (χ1) is 10.9. The molecule has 0 aliphatic heterocycles. The zero-order valence-corrected chi connectivity index (χ0v) is 14.9. The van der Waals surface area contributed by atoms with Gasteiger partial charge in [0.1, 0.15) is 5.78 Å². The monoisotopic (exact) mass is 314 g/mol. The molecule has 0 N–H and O–H groups in total. The molecule has 4 rings (SSSR count). The molecule has 0 aromatic heterocycles. The summed E-state index contributed by atoms with van der Waals surface area (Å²) < 4.78 is 0. The van der Waals surface area contributed by atoms with Gasteiger partial charge in [0.25, 0.3) is 0 Å². The summed E-state index contributed by atoms with van der Waals surface area (Å²) in [6.07, 6.45) is 10.9. The zero-order chi connectivity index (χ0) is 16.4. The largest absolute Gasteiger partial charge is 0.300 e. The van der Waals surface area contributed by atoms with Crippen molar-refractivity contribution in [3.63, 3.8) is 0 Å². The van der Waals surface area contributed by atoms with Crippen molar-refractivity contribution in [2.75, 3.05) is 0 Å². The van der Waals surface area contributed by atoms with Gasteiger partial charge < -0.3 is 0 Å². The third-order valence-electron chi connectivity index (χ3n) is 8.45. The van der Waals surface area contributed by atoms with Crippen LogP contribution in [-0.4, -0.2) is 11.6 Å². The minimum absolute atomic E-state index is 0.245. The number of ketones is 2. The maximum atomic E-state index is 12.1. The molecule has 0 spiro atoms. The van der Waals surface area contributed by atoms with Crippen molar-refractivity contribution >= 4 is 11.6 Å². The van der Waals surface area contributed by atoms with E-state index in [-0.39, 0.29) is 10.8 Å². The van der Waals surface area contributed by atoms with E-state index in [1.54, 1.807) is 6.92 Å². The molecule has 0 radical (unpaired) electrons. The Bertz CT molecular complexity index is 589. The third kappa shape index (κ3) is 2.06. The second-order valence-corrected chi connectivity index (χ2v) is 9.25. The molecule has 4 aliphatic carbocycles. The molecular formula is C21H30O2. The van der Waals surface area contributed by atoms with Gasteiger partial charge in [0.05, 0.1) is 0 Å². The number of fused-ring (bicyclic) bond motifs is 5. The number of carbonyl (C=O) groups is 2. The number of hydrogen-bond donors (Lipinski definition) is 0. The van der Waals surface area contributed by atoms with Gasteiger partial charge in [-0.3, -0.25) is 9.59 Å². The van der Waals surface area contributed by atoms with Gasteiger partial charge in [0.2, 0.25) is 0 Å². The number of rotatable bonds is 1. The molecule has 3 fully saturated rings. The van der Waals surface area contributed by atoms with E-state index in [9.17, 15) is 9.59 Å². The molecule has 0 aromatic carbocycles. The number of allylic oxidation sites excluding steroid dienone is 1. The van der Waals surface area contributed by atoms with E-state index in [0.717, 1.165) is 43.4 Å². The summed E-state index contributed by atoms with van der Waals surface area (Å²) in [6, 6.07) is 0. The van der Waals surface area contributed by atoms with Gasteiger partial charge in [-0.05, 0) is 86.5 Å². The minimum Gasteiger partial charge on any atom is -0.300 e. The summed E-state index contributed by atoms with van der Waals surface area (Å²) in [5.41, 5.74) is 1.95. The van der Waals surface area contributed by atoms with Gasteiger partial charge in [-0.2, -0.15) is 0 Å². The first kappa shape index (κ1) is 15.6. The predicted octanol–water partition coefficient (Wildman–Crippen LogP) is 4.72. The van der Waals surface area contributed by atoms with Crippen LogP contribution in [0.15, 0.2) is 11.6 Å². The maximum Gasteiger partial charge on any atom is 0.155 e. The van der Waals surface area contributed by atoms with Crippen LogP contribution in [0.2, 0.25) is 0 Å². The minimum atomic E-state index is 0.245. The van der Waals surface area contributed by atoms with Crippen molar-refractivity contribution < 1.29 is 9.59 Å². The molecule has 23 heavy (non-hydrogen) atoms. The van der Waals surface area contributed by atoms with E-state index in [2.05, 4.69) is 13.8 Å². The molecule has 0 saturated heterocycles. The van der Waals surface area contributed by atoms with Crippen LogP contribution in [0, 0.1) is 34.5 Å². The highest BCUT2D eigenvalue weighted by Gasteiger charge is 2.59. The van der Waals surface area contributed by atoms with Crippen molar-refractivity contribution in [3.05, 3.63) is 11.6 Å². The lowest BCUT2D eigenvalue weighted by atomic mass is 9.47. The number of carbonyl (C=O) groups excluding carboxylic acids is 2. The average Bonchev–Trinajstić information content (AvgIpc) is 2.85. The summed E-state index contributed by atoms with van der Waals surface area (Å²) in [6.45, 7) is 6.65. The fourth-order valence-electron chi connectivity index (χ4n) is 7.23. The Morgan fingerprint density at radius 3 is 2.57 bits per heavy atom. The van der Waals surface area contributed by atoms with Crippen LogP contribution in [0.25, 0.3) is 0 Å². The summed E-state index contributed by atoms with van der Waals surface area (Å²) in [5.74, 6) is 3.29.